The molecule has 0 aliphatic carbocycles. The van der Waals surface area contributed by atoms with Gasteiger partial charge in [-0.05, 0) is 56.2 Å². The number of amides is 1. The number of aryl methyl sites for hydroxylation is 1. The Morgan fingerprint density at radius 3 is 2.75 bits per heavy atom. The van der Waals surface area contributed by atoms with E-state index in [2.05, 4.69) is 6.07 Å². The van der Waals surface area contributed by atoms with E-state index in [4.69, 9.17) is 9.72 Å². The van der Waals surface area contributed by atoms with E-state index in [9.17, 15) is 18.3 Å². The average molecular weight is 508 g/mol. The molecule has 1 fully saturated rings. The number of benzene rings is 2. The number of hydrogen-bond donors (Lipinski definition) is 1. The van der Waals surface area contributed by atoms with Crippen LogP contribution < -0.4 is 4.90 Å². The fourth-order valence-corrected chi connectivity index (χ4v) is 6.47. The summed E-state index contributed by atoms with van der Waals surface area (Å²) in [5, 5.41) is 10.7. The molecule has 8 nitrogen and oxygen atoms in total. The summed E-state index contributed by atoms with van der Waals surface area (Å²) >= 11 is 0. The molecule has 0 spiro atoms. The van der Waals surface area contributed by atoms with Crippen molar-refractivity contribution in [3.63, 3.8) is 0 Å². The summed E-state index contributed by atoms with van der Waals surface area (Å²) in [6.07, 6.45) is 2.74. The zero-order valence-electron chi connectivity index (χ0n) is 20.5. The van der Waals surface area contributed by atoms with Crippen molar-refractivity contribution in [1.29, 1.82) is 0 Å². The van der Waals surface area contributed by atoms with E-state index in [0.717, 1.165) is 27.6 Å². The lowest BCUT2D eigenvalue weighted by molar-refractivity contribution is -0.0409. The van der Waals surface area contributed by atoms with E-state index < -0.39 is 27.7 Å². The highest BCUT2D eigenvalue weighted by Crippen LogP contribution is 2.31. The first-order valence-electron chi connectivity index (χ1n) is 11.9. The minimum Gasteiger partial charge on any atom is -0.465 e. The second-order valence-corrected chi connectivity index (χ2v) is 11.9. The third-order valence-corrected chi connectivity index (χ3v) is 8.62. The van der Waals surface area contributed by atoms with Gasteiger partial charge in [0.05, 0.1) is 28.8 Å². The van der Waals surface area contributed by atoms with Crippen LogP contribution in [0.3, 0.4) is 0 Å². The van der Waals surface area contributed by atoms with Crippen molar-refractivity contribution in [2.24, 2.45) is 0 Å². The number of pyridine rings is 1. The Balaban J connectivity index is 1.56. The molecular weight excluding hydrogens is 478 g/mol. The first-order chi connectivity index (χ1) is 17.0. The van der Waals surface area contributed by atoms with Gasteiger partial charge in [0, 0.05) is 18.5 Å². The molecule has 1 amide bonds. The van der Waals surface area contributed by atoms with Crippen LogP contribution >= 0.6 is 0 Å². The fraction of sp³-hybridized carbons (Fsp3) is 0.333. The predicted molar refractivity (Wildman–Crippen MR) is 139 cm³/mol. The second-order valence-electron chi connectivity index (χ2n) is 9.78. The number of aromatic nitrogens is 1. The molecule has 1 atom stereocenters. The van der Waals surface area contributed by atoms with Gasteiger partial charge in [0.25, 0.3) is 0 Å². The van der Waals surface area contributed by atoms with Crippen LogP contribution in [0.15, 0.2) is 59.5 Å². The van der Waals surface area contributed by atoms with Crippen LogP contribution in [-0.4, -0.2) is 60.2 Å². The maximum Gasteiger partial charge on any atom is 0.410 e. The van der Waals surface area contributed by atoms with Gasteiger partial charge in [0.2, 0.25) is 0 Å². The van der Waals surface area contributed by atoms with Crippen molar-refractivity contribution in [1.82, 2.24) is 9.88 Å². The highest BCUT2D eigenvalue weighted by atomic mass is 32.2. The smallest absolute Gasteiger partial charge is 0.410 e. The molecule has 9 heteroatoms. The highest BCUT2D eigenvalue weighted by Gasteiger charge is 2.42. The molecular formula is C27H29N3O5S. The molecule has 36 heavy (non-hydrogen) atoms. The first-order valence-corrected chi connectivity index (χ1v) is 13.5. The molecule has 188 valence electrons. The van der Waals surface area contributed by atoms with E-state index in [1.54, 1.807) is 26.0 Å². The van der Waals surface area contributed by atoms with Crippen molar-refractivity contribution < 1.29 is 23.1 Å². The van der Waals surface area contributed by atoms with E-state index in [0.29, 0.717) is 23.8 Å². The molecule has 2 aliphatic rings. The Labute approximate surface area is 210 Å². The van der Waals surface area contributed by atoms with Crippen molar-refractivity contribution >= 4 is 38.7 Å². The molecule has 1 aromatic heterocycles. The Hall–Kier alpha value is -3.43. The summed E-state index contributed by atoms with van der Waals surface area (Å²) < 4.78 is 31.4. The number of carbonyl (C=O) groups is 1. The van der Waals surface area contributed by atoms with E-state index in [-0.39, 0.29) is 12.4 Å². The molecule has 1 saturated heterocycles. The fourth-order valence-electron chi connectivity index (χ4n) is 4.97. The molecule has 5 rings (SSSR count). The summed E-state index contributed by atoms with van der Waals surface area (Å²) in [6, 6.07) is 14.6. The van der Waals surface area contributed by atoms with Gasteiger partial charge in [-0.1, -0.05) is 42.0 Å². The van der Waals surface area contributed by atoms with Crippen molar-refractivity contribution in [2.75, 3.05) is 23.8 Å². The van der Waals surface area contributed by atoms with Crippen LogP contribution in [0.2, 0.25) is 0 Å². The van der Waals surface area contributed by atoms with Crippen molar-refractivity contribution in [3.8, 4) is 0 Å². The third-order valence-electron chi connectivity index (χ3n) is 6.83. The number of rotatable bonds is 3. The van der Waals surface area contributed by atoms with E-state index in [1.807, 2.05) is 54.3 Å². The Kier molecular flexibility index (Phi) is 6.00. The number of nitrogens with zero attached hydrogens (tertiary/aromatic N) is 3. The lowest BCUT2D eigenvalue weighted by Gasteiger charge is -2.29. The minimum absolute atomic E-state index is 0.00483. The topological polar surface area (TPSA) is 100 Å². The minimum atomic E-state index is -3.38. The van der Waals surface area contributed by atoms with Gasteiger partial charge in [-0.25, -0.2) is 18.2 Å². The van der Waals surface area contributed by atoms with Gasteiger partial charge in [0.1, 0.15) is 11.5 Å². The molecule has 0 saturated carbocycles. The van der Waals surface area contributed by atoms with Gasteiger partial charge in [-0.15, -0.1) is 0 Å². The van der Waals surface area contributed by atoms with Gasteiger partial charge in [-0.2, -0.15) is 0 Å². The summed E-state index contributed by atoms with van der Waals surface area (Å²) in [5.41, 5.74) is 2.60. The van der Waals surface area contributed by atoms with E-state index >= 15 is 0 Å². The molecule has 0 unspecified atom stereocenters. The van der Waals surface area contributed by atoms with Crippen LogP contribution in [0.4, 0.5) is 10.6 Å². The quantitative estimate of drug-likeness (QED) is 0.558. The summed E-state index contributed by atoms with van der Waals surface area (Å²) in [7, 11) is -3.38. The lowest BCUT2D eigenvalue weighted by atomic mass is 10.0. The van der Waals surface area contributed by atoms with Crippen LogP contribution in [-0.2, 0) is 21.1 Å². The SMILES string of the molecule is Cc1ccc2nc(N3CCS(=O)(=O)c4ccccc4C3)cc(C=C[C@@H]3COC(C)(C)N3C(=O)O)c2c1. The predicted octanol–water partition coefficient (Wildman–Crippen LogP) is 4.47. The zero-order chi connectivity index (χ0) is 25.7. The standard InChI is InChI=1S/C27H29N3O5S/c1-18-8-11-23-22(14-18)19(9-10-21-17-35-27(2,3)30(21)26(31)32)15-25(28-23)29-12-13-36(33,34)24-7-5-4-6-20(24)16-29/h4-11,14-15,21H,12-13,16-17H2,1-3H3,(H,31,32)/t21-/m1/s1. The van der Waals surface area contributed by atoms with Gasteiger partial charge < -0.3 is 14.7 Å². The number of carboxylic acid groups (broad SMARTS) is 1. The van der Waals surface area contributed by atoms with Gasteiger partial charge in [0.15, 0.2) is 9.84 Å². The number of hydrogen-bond acceptors (Lipinski definition) is 6. The number of fused-ring (bicyclic) bond motifs is 2. The van der Waals surface area contributed by atoms with Crippen molar-refractivity contribution in [3.05, 3.63) is 71.3 Å². The highest BCUT2D eigenvalue weighted by molar-refractivity contribution is 7.91. The molecule has 2 aromatic carbocycles. The summed E-state index contributed by atoms with van der Waals surface area (Å²) in [4.78, 5) is 20.4. The Morgan fingerprint density at radius 2 is 1.97 bits per heavy atom. The summed E-state index contributed by atoms with van der Waals surface area (Å²) in [5.74, 6) is 0.682. The molecule has 3 aromatic rings. The van der Waals surface area contributed by atoms with Crippen molar-refractivity contribution in [2.45, 2.75) is 44.0 Å². The van der Waals surface area contributed by atoms with Crippen LogP contribution in [0.5, 0.6) is 0 Å². The molecule has 3 heterocycles. The number of ether oxygens (including phenoxy) is 1. The average Bonchev–Trinajstić information content (AvgIpc) is 3.06. The van der Waals surface area contributed by atoms with Crippen LogP contribution in [0.25, 0.3) is 17.0 Å². The zero-order valence-corrected chi connectivity index (χ0v) is 21.3. The number of anilines is 1. The maximum absolute atomic E-state index is 12.9. The van der Waals surface area contributed by atoms with Crippen LogP contribution in [0, 0.1) is 6.92 Å². The largest absolute Gasteiger partial charge is 0.465 e. The van der Waals surface area contributed by atoms with Gasteiger partial charge >= 0.3 is 6.09 Å². The number of sulfone groups is 1. The molecule has 2 aliphatic heterocycles. The third kappa shape index (κ3) is 4.44. The maximum atomic E-state index is 12.9. The molecule has 1 N–H and O–H groups in total. The van der Waals surface area contributed by atoms with Gasteiger partial charge in [-0.3, -0.25) is 4.90 Å². The monoisotopic (exact) mass is 507 g/mol. The molecule has 0 bridgehead atoms. The Bertz CT molecular complexity index is 1480. The van der Waals surface area contributed by atoms with Crippen LogP contribution in [0.1, 0.15) is 30.5 Å². The normalized spacial score (nSPS) is 21.0. The lowest BCUT2D eigenvalue weighted by Crippen LogP contribution is -2.46. The summed E-state index contributed by atoms with van der Waals surface area (Å²) in [6.45, 7) is 6.51. The van der Waals surface area contributed by atoms with E-state index in [1.165, 1.54) is 4.90 Å². The first kappa shape index (κ1) is 24.3. The Morgan fingerprint density at radius 1 is 1.19 bits per heavy atom. The second kappa shape index (κ2) is 8.90. The molecule has 0 radical (unpaired) electrons.